The molecule has 3 rings (SSSR count). The predicted molar refractivity (Wildman–Crippen MR) is 137 cm³/mol. The number of unbranched alkanes of at least 4 members (excludes halogenated alkanes) is 1. The van der Waals surface area contributed by atoms with Crippen LogP contribution < -0.4 is 0 Å². The standard InChI is InChI=1S/C27H35N3S/c1-6-9-17-30-21(5)29-26(22(12-8-3)14-10-13-20(4)11-7-2)27(30)23-15-16-24-25(18-23)31-19-28-24/h10,12-16,18-19H,6-9,11,17H2,1-5H3/b14-10-,20-13+,22-12+. The number of hydrogen-bond donors (Lipinski definition) is 0. The summed E-state index contributed by atoms with van der Waals surface area (Å²) in [4.78, 5) is 9.53. The van der Waals surface area contributed by atoms with Crippen LogP contribution in [0.25, 0.3) is 27.0 Å². The van der Waals surface area contributed by atoms with Crippen LogP contribution in [0, 0.1) is 6.92 Å². The van der Waals surface area contributed by atoms with Gasteiger partial charge in [-0.25, -0.2) is 9.97 Å². The largest absolute Gasteiger partial charge is 0.328 e. The van der Waals surface area contributed by atoms with Crippen LogP contribution in [-0.4, -0.2) is 14.5 Å². The molecule has 0 radical (unpaired) electrons. The minimum atomic E-state index is 0.978. The van der Waals surface area contributed by atoms with Crippen molar-refractivity contribution in [2.24, 2.45) is 0 Å². The highest BCUT2D eigenvalue weighted by atomic mass is 32.1. The average molecular weight is 434 g/mol. The van der Waals surface area contributed by atoms with Gasteiger partial charge in [-0.1, -0.05) is 69.6 Å². The summed E-state index contributed by atoms with van der Waals surface area (Å²) in [6.45, 7) is 12.0. The smallest absolute Gasteiger partial charge is 0.106 e. The zero-order valence-corrected chi connectivity index (χ0v) is 20.4. The van der Waals surface area contributed by atoms with Crippen LogP contribution in [0.1, 0.15) is 71.3 Å². The average Bonchev–Trinajstić information content (AvgIpc) is 3.35. The van der Waals surface area contributed by atoms with Crippen LogP contribution in [-0.2, 0) is 6.54 Å². The second-order valence-corrected chi connectivity index (χ2v) is 8.97. The third-order valence-electron chi connectivity index (χ3n) is 5.50. The first-order chi connectivity index (χ1) is 15.1. The molecule has 0 saturated carbocycles. The number of aryl methyl sites for hydroxylation is 1. The van der Waals surface area contributed by atoms with E-state index in [1.54, 1.807) is 11.3 Å². The van der Waals surface area contributed by atoms with E-state index in [2.05, 4.69) is 86.7 Å². The van der Waals surface area contributed by atoms with Crippen LogP contribution in [0.3, 0.4) is 0 Å². The van der Waals surface area contributed by atoms with E-state index in [1.807, 2.05) is 5.51 Å². The SMILES string of the molecule is CC\C=C(/C=C\C=C(/C)CCC)c1nc(C)n(CCCC)c1-c1ccc2ncsc2c1. The molecule has 0 unspecified atom stereocenters. The van der Waals surface area contributed by atoms with Gasteiger partial charge in [-0.2, -0.15) is 0 Å². The summed E-state index contributed by atoms with van der Waals surface area (Å²) in [7, 11) is 0. The van der Waals surface area contributed by atoms with Gasteiger partial charge in [0.25, 0.3) is 0 Å². The fourth-order valence-corrected chi connectivity index (χ4v) is 4.62. The Bertz CT molecular complexity index is 1100. The molecular weight excluding hydrogens is 398 g/mol. The highest BCUT2D eigenvalue weighted by molar-refractivity contribution is 7.16. The van der Waals surface area contributed by atoms with Crippen molar-refractivity contribution in [3.63, 3.8) is 0 Å². The number of imidazole rings is 1. The molecule has 3 nitrogen and oxygen atoms in total. The van der Waals surface area contributed by atoms with Gasteiger partial charge in [-0.05, 0) is 50.8 Å². The molecule has 0 aliphatic rings. The molecule has 4 heteroatoms. The van der Waals surface area contributed by atoms with Gasteiger partial charge in [-0.15, -0.1) is 11.3 Å². The first-order valence-corrected chi connectivity index (χ1v) is 12.4. The molecule has 0 bridgehead atoms. The molecule has 1 aromatic carbocycles. The van der Waals surface area contributed by atoms with Crippen LogP contribution in [0.15, 0.2) is 53.6 Å². The van der Waals surface area contributed by atoms with Crippen molar-refractivity contribution in [1.82, 2.24) is 14.5 Å². The van der Waals surface area contributed by atoms with Crippen molar-refractivity contribution in [2.75, 3.05) is 0 Å². The summed E-state index contributed by atoms with van der Waals surface area (Å²) < 4.78 is 3.62. The fraction of sp³-hybridized carbons (Fsp3) is 0.407. The lowest BCUT2D eigenvalue weighted by Gasteiger charge is -2.12. The summed E-state index contributed by atoms with van der Waals surface area (Å²) >= 11 is 1.70. The maximum absolute atomic E-state index is 5.07. The number of rotatable bonds is 10. The second kappa shape index (κ2) is 11.2. The zero-order valence-electron chi connectivity index (χ0n) is 19.6. The summed E-state index contributed by atoms with van der Waals surface area (Å²) in [5.74, 6) is 1.08. The van der Waals surface area contributed by atoms with Gasteiger partial charge in [-0.3, -0.25) is 0 Å². The zero-order chi connectivity index (χ0) is 22.2. The number of thiazole rings is 1. The molecule has 0 aliphatic heterocycles. The molecule has 31 heavy (non-hydrogen) atoms. The summed E-state index contributed by atoms with van der Waals surface area (Å²) in [6.07, 6.45) is 14.5. The van der Waals surface area contributed by atoms with Gasteiger partial charge in [0.2, 0.25) is 0 Å². The molecule has 0 fully saturated rings. The molecule has 0 spiro atoms. The van der Waals surface area contributed by atoms with E-state index >= 15 is 0 Å². The maximum atomic E-state index is 5.07. The minimum absolute atomic E-state index is 0.978. The van der Waals surface area contributed by atoms with Crippen molar-refractivity contribution < 1.29 is 0 Å². The van der Waals surface area contributed by atoms with E-state index in [9.17, 15) is 0 Å². The lowest BCUT2D eigenvalue weighted by atomic mass is 10.0. The Labute approximate surface area is 191 Å². The highest BCUT2D eigenvalue weighted by Gasteiger charge is 2.19. The Kier molecular flexibility index (Phi) is 8.42. The molecule has 0 amide bonds. The van der Waals surface area contributed by atoms with Crippen LogP contribution in [0.2, 0.25) is 0 Å². The Morgan fingerprint density at radius 1 is 1.16 bits per heavy atom. The number of benzene rings is 1. The van der Waals surface area contributed by atoms with Crippen molar-refractivity contribution in [3.8, 4) is 11.3 Å². The Hall–Kier alpha value is -2.46. The third-order valence-corrected chi connectivity index (χ3v) is 6.29. The van der Waals surface area contributed by atoms with Gasteiger partial charge in [0, 0.05) is 12.1 Å². The molecule has 0 atom stereocenters. The maximum Gasteiger partial charge on any atom is 0.106 e. The normalized spacial score (nSPS) is 13.1. The Balaban J connectivity index is 2.12. The van der Waals surface area contributed by atoms with Crippen molar-refractivity contribution in [1.29, 1.82) is 0 Å². The number of aromatic nitrogens is 3. The van der Waals surface area contributed by atoms with Gasteiger partial charge in [0.1, 0.15) is 5.82 Å². The quantitative estimate of drug-likeness (QED) is 0.301. The number of fused-ring (bicyclic) bond motifs is 1. The Morgan fingerprint density at radius 2 is 2.00 bits per heavy atom. The molecule has 3 aromatic rings. The molecule has 0 saturated heterocycles. The molecule has 0 aliphatic carbocycles. The minimum Gasteiger partial charge on any atom is -0.328 e. The number of allylic oxidation sites excluding steroid dienone is 6. The van der Waals surface area contributed by atoms with E-state index in [1.165, 1.54) is 39.9 Å². The Morgan fingerprint density at radius 3 is 2.74 bits per heavy atom. The van der Waals surface area contributed by atoms with E-state index in [0.717, 1.165) is 42.8 Å². The number of hydrogen-bond acceptors (Lipinski definition) is 3. The lowest BCUT2D eigenvalue weighted by Crippen LogP contribution is -2.03. The van der Waals surface area contributed by atoms with E-state index < -0.39 is 0 Å². The monoisotopic (exact) mass is 433 g/mol. The van der Waals surface area contributed by atoms with Crippen molar-refractivity contribution in [3.05, 3.63) is 65.1 Å². The van der Waals surface area contributed by atoms with Crippen LogP contribution >= 0.6 is 11.3 Å². The first kappa shape index (κ1) is 23.2. The number of nitrogens with zero attached hydrogens (tertiary/aromatic N) is 3. The molecule has 164 valence electrons. The molecule has 0 N–H and O–H groups in total. The van der Waals surface area contributed by atoms with Crippen LogP contribution in [0.5, 0.6) is 0 Å². The van der Waals surface area contributed by atoms with E-state index in [0.29, 0.717) is 0 Å². The first-order valence-electron chi connectivity index (χ1n) is 11.5. The van der Waals surface area contributed by atoms with Gasteiger partial charge in [0.05, 0.1) is 27.1 Å². The van der Waals surface area contributed by atoms with E-state index in [4.69, 9.17) is 4.98 Å². The summed E-state index contributed by atoms with van der Waals surface area (Å²) in [5, 5.41) is 0. The van der Waals surface area contributed by atoms with E-state index in [-0.39, 0.29) is 0 Å². The lowest BCUT2D eigenvalue weighted by molar-refractivity contribution is 0.621. The summed E-state index contributed by atoms with van der Waals surface area (Å²) in [6, 6.07) is 6.60. The van der Waals surface area contributed by atoms with Gasteiger partial charge >= 0.3 is 0 Å². The van der Waals surface area contributed by atoms with Crippen molar-refractivity contribution >= 4 is 27.1 Å². The topological polar surface area (TPSA) is 30.7 Å². The van der Waals surface area contributed by atoms with Crippen LogP contribution in [0.4, 0.5) is 0 Å². The highest BCUT2D eigenvalue weighted by Crippen LogP contribution is 2.34. The van der Waals surface area contributed by atoms with Gasteiger partial charge in [0.15, 0.2) is 0 Å². The molecule has 2 heterocycles. The predicted octanol–water partition coefficient (Wildman–Crippen LogP) is 8.36. The molecular formula is C27H35N3S. The van der Waals surface area contributed by atoms with Gasteiger partial charge < -0.3 is 4.57 Å². The van der Waals surface area contributed by atoms with Crippen molar-refractivity contribution in [2.45, 2.75) is 73.3 Å². The molecule has 2 aromatic heterocycles. The second-order valence-electron chi connectivity index (χ2n) is 8.09. The summed E-state index contributed by atoms with van der Waals surface area (Å²) in [5.41, 5.74) is 9.11. The third kappa shape index (κ3) is 5.62. The fourth-order valence-electron chi connectivity index (χ4n) is 3.91.